The van der Waals surface area contributed by atoms with Crippen LogP contribution in [0.15, 0.2) is 36.0 Å². The summed E-state index contributed by atoms with van der Waals surface area (Å²) in [6.07, 6.45) is 6.62. The molecule has 1 fully saturated rings. The Bertz CT molecular complexity index is 636. The first-order valence-electron chi connectivity index (χ1n) is 7.94. The normalized spacial score (nSPS) is 24.0. The molecule has 2 amide bonds. The van der Waals surface area contributed by atoms with Crippen molar-refractivity contribution in [3.05, 3.63) is 47.2 Å². The fourth-order valence-corrected chi connectivity index (χ4v) is 3.46. The third-order valence-corrected chi connectivity index (χ3v) is 4.75. The van der Waals surface area contributed by atoms with Gasteiger partial charge < -0.3 is 10.6 Å². The molecule has 1 aromatic carbocycles. The van der Waals surface area contributed by atoms with Gasteiger partial charge in [0.2, 0.25) is 5.91 Å². The van der Waals surface area contributed by atoms with Gasteiger partial charge in [0, 0.05) is 29.6 Å². The van der Waals surface area contributed by atoms with Crippen LogP contribution < -0.4 is 10.6 Å². The highest BCUT2D eigenvalue weighted by molar-refractivity contribution is 5.94. The van der Waals surface area contributed by atoms with Crippen LogP contribution in [0.3, 0.4) is 0 Å². The van der Waals surface area contributed by atoms with Crippen molar-refractivity contribution >= 4 is 11.8 Å². The number of nitrogens with one attached hydrogen (secondary N) is 2. The molecular formula is C18H22N2O2. The number of fused-ring (bicyclic) bond motifs is 1. The van der Waals surface area contributed by atoms with Gasteiger partial charge in [-0.25, -0.2) is 0 Å². The van der Waals surface area contributed by atoms with Crippen molar-refractivity contribution in [2.45, 2.75) is 39.0 Å². The Hall–Kier alpha value is -2.10. The summed E-state index contributed by atoms with van der Waals surface area (Å²) in [7, 11) is 0. The highest BCUT2D eigenvalue weighted by atomic mass is 16.2. The summed E-state index contributed by atoms with van der Waals surface area (Å²) >= 11 is 0. The summed E-state index contributed by atoms with van der Waals surface area (Å²) in [5, 5.41) is 6.07. The van der Waals surface area contributed by atoms with E-state index in [0.29, 0.717) is 18.5 Å². The molecule has 1 unspecified atom stereocenters. The van der Waals surface area contributed by atoms with E-state index in [1.807, 2.05) is 31.2 Å². The molecule has 22 heavy (non-hydrogen) atoms. The number of piperidine rings is 1. The molecule has 1 aromatic rings. The molecule has 0 aromatic heterocycles. The van der Waals surface area contributed by atoms with Crippen LogP contribution in [0.4, 0.5) is 0 Å². The average molecular weight is 298 g/mol. The second-order valence-electron chi connectivity index (χ2n) is 6.39. The van der Waals surface area contributed by atoms with E-state index in [2.05, 4.69) is 16.7 Å². The highest BCUT2D eigenvalue weighted by Crippen LogP contribution is 2.42. The lowest BCUT2D eigenvalue weighted by Crippen LogP contribution is -2.48. The summed E-state index contributed by atoms with van der Waals surface area (Å²) in [5.41, 5.74) is 2.69. The predicted octanol–water partition coefficient (Wildman–Crippen LogP) is 2.69. The van der Waals surface area contributed by atoms with Crippen LogP contribution in [-0.4, -0.2) is 18.4 Å². The van der Waals surface area contributed by atoms with E-state index in [0.717, 1.165) is 36.9 Å². The van der Waals surface area contributed by atoms with Crippen LogP contribution in [0.25, 0.3) is 0 Å². The number of amides is 2. The number of rotatable bonds is 3. The molecule has 4 heteroatoms. The molecule has 1 aliphatic heterocycles. The Morgan fingerprint density at radius 3 is 3.05 bits per heavy atom. The number of allylic oxidation sites excluding steroid dienone is 1. The molecule has 1 atom stereocenters. The van der Waals surface area contributed by atoms with Crippen molar-refractivity contribution in [3.8, 4) is 0 Å². The number of benzene rings is 1. The quantitative estimate of drug-likeness (QED) is 0.901. The summed E-state index contributed by atoms with van der Waals surface area (Å²) in [5.74, 6) is 0.0497. The Balaban J connectivity index is 1.71. The van der Waals surface area contributed by atoms with E-state index < -0.39 is 0 Å². The zero-order valence-corrected chi connectivity index (χ0v) is 12.9. The molecule has 2 aliphatic rings. The lowest BCUT2D eigenvalue weighted by Gasteiger charge is -2.42. The van der Waals surface area contributed by atoms with E-state index in [1.165, 1.54) is 0 Å². The van der Waals surface area contributed by atoms with Crippen molar-refractivity contribution in [1.82, 2.24) is 10.6 Å². The van der Waals surface area contributed by atoms with Crippen LogP contribution in [0.5, 0.6) is 0 Å². The van der Waals surface area contributed by atoms with Gasteiger partial charge in [0.15, 0.2) is 0 Å². The molecule has 2 N–H and O–H groups in total. The molecule has 3 rings (SSSR count). The largest absolute Gasteiger partial charge is 0.351 e. The highest BCUT2D eigenvalue weighted by Gasteiger charge is 2.40. The third-order valence-electron chi connectivity index (χ3n) is 4.75. The van der Waals surface area contributed by atoms with Crippen LogP contribution >= 0.6 is 0 Å². The zero-order valence-electron chi connectivity index (χ0n) is 12.9. The molecule has 116 valence electrons. The molecule has 0 saturated carbocycles. The SMILES string of the molecule is Cc1cccc(C(=O)NCC23CCCC=C2NC(=O)CC3)c1. The average Bonchev–Trinajstić information content (AvgIpc) is 2.53. The van der Waals surface area contributed by atoms with E-state index in [1.54, 1.807) is 0 Å². The fourth-order valence-electron chi connectivity index (χ4n) is 3.46. The minimum atomic E-state index is -0.0916. The maximum absolute atomic E-state index is 12.4. The summed E-state index contributed by atoms with van der Waals surface area (Å²) in [4.78, 5) is 24.0. The molecule has 0 radical (unpaired) electrons. The first-order chi connectivity index (χ1) is 10.6. The number of carbonyl (C=O) groups is 2. The molecule has 1 heterocycles. The monoisotopic (exact) mass is 298 g/mol. The van der Waals surface area contributed by atoms with Gasteiger partial charge in [0.1, 0.15) is 0 Å². The molecule has 0 bridgehead atoms. The minimum Gasteiger partial charge on any atom is -0.351 e. The van der Waals surface area contributed by atoms with Gasteiger partial charge in [-0.15, -0.1) is 0 Å². The first kappa shape index (κ1) is 14.8. The Morgan fingerprint density at radius 2 is 2.23 bits per heavy atom. The Morgan fingerprint density at radius 1 is 1.36 bits per heavy atom. The van der Waals surface area contributed by atoms with Gasteiger partial charge in [-0.05, 0) is 44.7 Å². The second kappa shape index (κ2) is 5.95. The molecular weight excluding hydrogens is 276 g/mol. The molecule has 1 aliphatic carbocycles. The number of aryl methyl sites for hydroxylation is 1. The van der Waals surface area contributed by atoms with Gasteiger partial charge in [0.05, 0.1) is 0 Å². The number of carbonyl (C=O) groups excluding carboxylic acids is 2. The second-order valence-corrected chi connectivity index (χ2v) is 6.39. The van der Waals surface area contributed by atoms with Crippen molar-refractivity contribution < 1.29 is 9.59 Å². The van der Waals surface area contributed by atoms with Gasteiger partial charge in [0.25, 0.3) is 5.91 Å². The fraction of sp³-hybridized carbons (Fsp3) is 0.444. The van der Waals surface area contributed by atoms with Crippen molar-refractivity contribution in [3.63, 3.8) is 0 Å². The Kier molecular flexibility index (Phi) is 4.01. The zero-order chi connectivity index (χ0) is 15.6. The minimum absolute atomic E-state index is 0.0418. The van der Waals surface area contributed by atoms with Crippen LogP contribution in [0.2, 0.25) is 0 Å². The van der Waals surface area contributed by atoms with Gasteiger partial charge in [-0.1, -0.05) is 23.8 Å². The summed E-state index contributed by atoms with van der Waals surface area (Å²) in [6, 6.07) is 7.61. The first-order valence-corrected chi connectivity index (χ1v) is 7.94. The molecule has 0 spiro atoms. The predicted molar refractivity (Wildman–Crippen MR) is 85.3 cm³/mol. The van der Waals surface area contributed by atoms with Gasteiger partial charge in [-0.2, -0.15) is 0 Å². The third kappa shape index (κ3) is 2.91. The van der Waals surface area contributed by atoms with Gasteiger partial charge >= 0.3 is 0 Å². The van der Waals surface area contributed by atoms with E-state index in [9.17, 15) is 9.59 Å². The van der Waals surface area contributed by atoms with Crippen LogP contribution in [-0.2, 0) is 4.79 Å². The molecule has 4 nitrogen and oxygen atoms in total. The maximum Gasteiger partial charge on any atom is 0.251 e. The van der Waals surface area contributed by atoms with Crippen LogP contribution in [0, 0.1) is 12.3 Å². The maximum atomic E-state index is 12.4. The number of hydrogen-bond acceptors (Lipinski definition) is 2. The van der Waals surface area contributed by atoms with Crippen molar-refractivity contribution in [2.75, 3.05) is 6.54 Å². The molecule has 1 saturated heterocycles. The van der Waals surface area contributed by atoms with E-state index in [4.69, 9.17) is 0 Å². The topological polar surface area (TPSA) is 58.2 Å². The summed E-state index contributed by atoms with van der Waals surface area (Å²) < 4.78 is 0. The van der Waals surface area contributed by atoms with Crippen molar-refractivity contribution in [1.29, 1.82) is 0 Å². The lowest BCUT2D eigenvalue weighted by molar-refractivity contribution is -0.122. The van der Waals surface area contributed by atoms with E-state index in [-0.39, 0.29) is 17.2 Å². The van der Waals surface area contributed by atoms with Gasteiger partial charge in [-0.3, -0.25) is 9.59 Å². The number of hydrogen-bond donors (Lipinski definition) is 2. The summed E-state index contributed by atoms with van der Waals surface area (Å²) in [6.45, 7) is 2.57. The standard InChI is InChI=1S/C18H22N2O2/c1-13-5-4-6-14(11-13)17(22)19-12-18-9-3-2-7-15(18)20-16(21)8-10-18/h4-7,11H,2-3,8-10,12H2,1H3,(H,19,22)(H,20,21). The smallest absolute Gasteiger partial charge is 0.251 e. The van der Waals surface area contributed by atoms with Crippen LogP contribution in [0.1, 0.15) is 48.0 Å². The van der Waals surface area contributed by atoms with E-state index >= 15 is 0 Å². The Labute approximate surface area is 131 Å². The lowest BCUT2D eigenvalue weighted by atomic mass is 9.70. The van der Waals surface area contributed by atoms with Crippen molar-refractivity contribution in [2.24, 2.45) is 5.41 Å².